The van der Waals surface area contributed by atoms with Crippen molar-refractivity contribution in [3.8, 4) is 0 Å². The molecule has 0 fully saturated rings. The van der Waals surface area contributed by atoms with Gasteiger partial charge in [0, 0.05) is 6.42 Å². The van der Waals surface area contributed by atoms with Crippen LogP contribution in [-0.2, 0) is 4.79 Å². The summed E-state index contributed by atoms with van der Waals surface area (Å²) >= 11 is 0. The van der Waals surface area contributed by atoms with E-state index in [2.05, 4.69) is 141 Å². The highest BCUT2D eigenvalue weighted by molar-refractivity contribution is 5.76. The van der Waals surface area contributed by atoms with Crippen molar-refractivity contribution in [3.05, 3.63) is 134 Å². The first-order valence-corrected chi connectivity index (χ1v) is 32.9. The minimum absolute atomic E-state index is 0.0748. The minimum Gasteiger partial charge on any atom is -0.394 e. The van der Waals surface area contributed by atoms with Gasteiger partial charge in [-0.25, -0.2) is 0 Å². The zero-order valence-electron chi connectivity index (χ0n) is 50.7. The Labute approximate surface area is 479 Å². The molecule has 0 rings (SSSR count). The number of hydrogen-bond acceptors (Lipinski definition) is 3. The number of aliphatic hydroxyl groups excluding tert-OH is 2. The number of hydrogen-bond donors (Lipinski definition) is 3. The van der Waals surface area contributed by atoms with Gasteiger partial charge in [-0.3, -0.25) is 4.79 Å². The van der Waals surface area contributed by atoms with Crippen LogP contribution >= 0.6 is 0 Å². The van der Waals surface area contributed by atoms with Crippen LogP contribution < -0.4 is 5.32 Å². The third kappa shape index (κ3) is 63.2. The SMILES string of the molecule is CC/C=C\C/C=C\C/C=C\C/C=C\C/C=C\C/C=C\C/C=C\C/C=C\C/C=C\C/C=C\CCCCCCCCCCC(=O)NC(CO)C(O)/C=C/CCCCCCCCCCCCCCCCCCCCCCCCCC. The summed E-state index contributed by atoms with van der Waals surface area (Å²) in [5.74, 6) is -0.0748. The molecule has 0 aromatic heterocycles. The summed E-state index contributed by atoms with van der Waals surface area (Å²) < 4.78 is 0. The van der Waals surface area contributed by atoms with Crippen LogP contribution in [0.2, 0.25) is 0 Å². The number of carbonyl (C=O) groups excluding carboxylic acids is 1. The molecule has 0 saturated heterocycles. The van der Waals surface area contributed by atoms with E-state index in [0.717, 1.165) is 103 Å². The van der Waals surface area contributed by atoms with Gasteiger partial charge >= 0.3 is 0 Å². The van der Waals surface area contributed by atoms with Gasteiger partial charge in [0.2, 0.25) is 5.91 Å². The Kier molecular flexibility index (Phi) is 63.8. The maximum absolute atomic E-state index is 12.5. The van der Waals surface area contributed by atoms with Crippen LogP contribution in [-0.4, -0.2) is 34.9 Å². The smallest absolute Gasteiger partial charge is 0.220 e. The van der Waals surface area contributed by atoms with Crippen molar-refractivity contribution in [2.24, 2.45) is 0 Å². The first-order valence-electron chi connectivity index (χ1n) is 32.9. The summed E-state index contributed by atoms with van der Waals surface area (Å²) in [7, 11) is 0. The highest BCUT2D eigenvalue weighted by Crippen LogP contribution is 2.17. The fourth-order valence-corrected chi connectivity index (χ4v) is 9.44. The van der Waals surface area contributed by atoms with Crippen LogP contribution in [0.1, 0.15) is 303 Å². The molecule has 0 saturated carbocycles. The van der Waals surface area contributed by atoms with Crippen LogP contribution in [0.3, 0.4) is 0 Å². The van der Waals surface area contributed by atoms with Gasteiger partial charge < -0.3 is 15.5 Å². The molecule has 4 nitrogen and oxygen atoms in total. The highest BCUT2D eigenvalue weighted by atomic mass is 16.3. The van der Waals surface area contributed by atoms with E-state index in [1.165, 1.54) is 180 Å². The molecule has 0 aromatic carbocycles. The minimum atomic E-state index is -0.853. The molecule has 0 heterocycles. The molecular formula is C73H125NO3. The predicted molar refractivity (Wildman–Crippen MR) is 345 cm³/mol. The molecule has 0 bridgehead atoms. The normalized spacial score (nSPS) is 13.7. The summed E-state index contributed by atoms with van der Waals surface area (Å²) in [6.45, 7) is 4.21. The van der Waals surface area contributed by atoms with E-state index in [1.54, 1.807) is 6.08 Å². The molecule has 0 spiro atoms. The number of amides is 1. The lowest BCUT2D eigenvalue weighted by Crippen LogP contribution is -2.45. The predicted octanol–water partition coefficient (Wildman–Crippen LogP) is 22.5. The van der Waals surface area contributed by atoms with Crippen molar-refractivity contribution < 1.29 is 15.0 Å². The number of rotatable bonds is 59. The van der Waals surface area contributed by atoms with Crippen LogP contribution in [0.5, 0.6) is 0 Å². The Balaban J connectivity index is 3.60. The maximum atomic E-state index is 12.5. The number of aliphatic hydroxyl groups is 2. The molecule has 4 heteroatoms. The third-order valence-corrected chi connectivity index (χ3v) is 14.4. The van der Waals surface area contributed by atoms with Crippen molar-refractivity contribution in [1.82, 2.24) is 5.32 Å². The summed E-state index contributed by atoms with van der Waals surface area (Å²) in [5.41, 5.74) is 0. The van der Waals surface area contributed by atoms with Crippen molar-refractivity contribution in [1.29, 1.82) is 0 Å². The van der Waals surface area contributed by atoms with Crippen molar-refractivity contribution in [2.75, 3.05) is 6.61 Å². The van der Waals surface area contributed by atoms with Gasteiger partial charge in [0.05, 0.1) is 18.8 Å². The molecule has 2 unspecified atom stereocenters. The second-order valence-corrected chi connectivity index (χ2v) is 21.8. The molecule has 0 aliphatic heterocycles. The summed E-state index contributed by atoms with van der Waals surface area (Å²) in [5, 5.41) is 23.3. The average Bonchev–Trinajstić information content (AvgIpc) is 3.43. The van der Waals surface area contributed by atoms with E-state index in [-0.39, 0.29) is 12.5 Å². The number of unbranched alkanes of at least 4 members (excludes halogenated alkanes) is 32. The van der Waals surface area contributed by atoms with E-state index in [4.69, 9.17) is 0 Å². The highest BCUT2D eigenvalue weighted by Gasteiger charge is 2.18. The number of allylic oxidation sites excluding steroid dienone is 21. The van der Waals surface area contributed by atoms with Gasteiger partial charge in [-0.2, -0.15) is 0 Å². The zero-order chi connectivity index (χ0) is 55.5. The van der Waals surface area contributed by atoms with Gasteiger partial charge in [-0.05, 0) is 96.3 Å². The molecule has 1 amide bonds. The molecule has 77 heavy (non-hydrogen) atoms. The number of nitrogens with one attached hydrogen (secondary N) is 1. The maximum Gasteiger partial charge on any atom is 0.220 e. The van der Waals surface area contributed by atoms with E-state index >= 15 is 0 Å². The molecule has 2 atom stereocenters. The van der Waals surface area contributed by atoms with E-state index in [0.29, 0.717) is 6.42 Å². The Bertz CT molecular complexity index is 1540. The third-order valence-electron chi connectivity index (χ3n) is 14.4. The second-order valence-electron chi connectivity index (χ2n) is 21.8. The summed E-state index contributed by atoms with van der Waals surface area (Å²) in [6.07, 6.45) is 104. The topological polar surface area (TPSA) is 69.6 Å². The quantitative estimate of drug-likeness (QED) is 0.0420. The summed E-state index contributed by atoms with van der Waals surface area (Å²) in [4.78, 5) is 12.5. The summed E-state index contributed by atoms with van der Waals surface area (Å²) in [6, 6.07) is -0.638. The lowest BCUT2D eigenvalue weighted by atomic mass is 10.0. The molecular weight excluding hydrogens is 939 g/mol. The van der Waals surface area contributed by atoms with E-state index in [1.807, 2.05) is 6.08 Å². The first-order chi connectivity index (χ1) is 38.2. The molecule has 0 radical (unpaired) electrons. The van der Waals surface area contributed by atoms with Gasteiger partial charge in [-0.15, -0.1) is 0 Å². The largest absolute Gasteiger partial charge is 0.394 e. The molecule has 0 aliphatic rings. The fraction of sp³-hybridized carbons (Fsp3) is 0.685. The van der Waals surface area contributed by atoms with Crippen LogP contribution in [0.4, 0.5) is 0 Å². The Morgan fingerprint density at radius 3 is 0.857 bits per heavy atom. The number of carbonyl (C=O) groups is 1. The van der Waals surface area contributed by atoms with Crippen LogP contribution in [0, 0.1) is 0 Å². The van der Waals surface area contributed by atoms with Crippen LogP contribution in [0.15, 0.2) is 134 Å². The lowest BCUT2D eigenvalue weighted by Gasteiger charge is -2.20. The van der Waals surface area contributed by atoms with E-state index in [9.17, 15) is 15.0 Å². The molecule has 0 aromatic rings. The van der Waals surface area contributed by atoms with Crippen molar-refractivity contribution in [2.45, 2.75) is 315 Å². The van der Waals surface area contributed by atoms with Gasteiger partial charge in [0.25, 0.3) is 0 Å². The van der Waals surface area contributed by atoms with Crippen LogP contribution in [0.25, 0.3) is 0 Å². The monoisotopic (exact) mass is 1060 g/mol. The Morgan fingerprint density at radius 2 is 0.571 bits per heavy atom. The van der Waals surface area contributed by atoms with Gasteiger partial charge in [0.15, 0.2) is 0 Å². The Hall–Kier alpha value is -3.47. The average molecular weight is 1060 g/mol. The van der Waals surface area contributed by atoms with Gasteiger partial charge in [0.1, 0.15) is 0 Å². The zero-order valence-corrected chi connectivity index (χ0v) is 50.7. The molecule has 440 valence electrons. The molecule has 3 N–H and O–H groups in total. The Morgan fingerprint density at radius 1 is 0.325 bits per heavy atom. The standard InChI is InChI=1S/C73H125NO3/c1-3-5-7-9-11-13-15-17-19-21-23-25-27-29-31-32-33-34-35-36-37-38-39-40-41-42-43-45-47-49-51-53-55-57-59-61-63-65-67-69-73(77)74-71(70-75)72(76)68-66-64-62-60-58-56-54-52-50-48-46-44-30-28-26-24-22-20-18-16-14-12-10-8-6-4-2/h5,7,11,13,17,19,23,25,29,31,33-34,36-37,39-40,42-43,47,49,66,68,71-72,75-76H,3-4,6,8-10,12,14-16,18,20-22,24,26-28,30,32,35,38,41,44-46,48,50-65,67,69-70H2,1-2H3,(H,74,77)/b7-5-,13-11-,19-17-,25-23-,31-29-,34-33-,37-36-,40-39-,43-42-,49-47-,68-66+. The molecule has 0 aliphatic carbocycles. The lowest BCUT2D eigenvalue weighted by molar-refractivity contribution is -0.123. The first kappa shape index (κ1) is 73.5. The van der Waals surface area contributed by atoms with Crippen molar-refractivity contribution >= 4 is 5.91 Å². The fourth-order valence-electron chi connectivity index (χ4n) is 9.44. The van der Waals surface area contributed by atoms with E-state index < -0.39 is 12.1 Å². The second kappa shape index (κ2) is 66.8. The van der Waals surface area contributed by atoms with Gasteiger partial charge in [-0.1, -0.05) is 334 Å². The van der Waals surface area contributed by atoms with Crippen molar-refractivity contribution in [3.63, 3.8) is 0 Å².